The average molecular weight is 225 g/mol. The molecule has 2 N–H and O–H groups in total. The number of nitrogens with zero attached hydrogens (tertiary/aromatic N) is 2. The summed E-state index contributed by atoms with van der Waals surface area (Å²) >= 11 is 0. The quantitative estimate of drug-likeness (QED) is 0.679. The summed E-state index contributed by atoms with van der Waals surface area (Å²) in [5.41, 5.74) is 5.43. The summed E-state index contributed by atoms with van der Waals surface area (Å²) in [5, 5.41) is 0. The number of likely N-dealkylation sites (tertiary alicyclic amines) is 1. The molecule has 2 heterocycles. The van der Waals surface area contributed by atoms with Crippen molar-refractivity contribution in [3.05, 3.63) is 12.2 Å². The van der Waals surface area contributed by atoms with Crippen LogP contribution in [0.25, 0.3) is 0 Å². The Labute approximate surface area is 98.0 Å². The highest BCUT2D eigenvalue weighted by atomic mass is 16.5. The Morgan fingerprint density at radius 2 is 2.00 bits per heavy atom. The zero-order valence-electron chi connectivity index (χ0n) is 9.98. The van der Waals surface area contributed by atoms with Gasteiger partial charge in [-0.15, -0.1) is 0 Å². The molecule has 1 atom stereocenters. The number of morpholine rings is 1. The predicted octanol–water partition coefficient (Wildman–Crippen LogP) is -0.0922. The maximum Gasteiger partial charge on any atom is 0.0594 e. The zero-order valence-corrected chi connectivity index (χ0v) is 9.98. The lowest BCUT2D eigenvalue weighted by Gasteiger charge is -2.32. The van der Waals surface area contributed by atoms with Crippen molar-refractivity contribution in [2.24, 2.45) is 5.73 Å². The second-order valence-corrected chi connectivity index (χ2v) is 4.56. The summed E-state index contributed by atoms with van der Waals surface area (Å²) in [6.45, 7) is 8.16. The lowest BCUT2D eigenvalue weighted by molar-refractivity contribution is 0.0187. The number of ether oxygens (including phenoxy) is 1. The van der Waals surface area contributed by atoms with E-state index in [1.54, 1.807) is 0 Å². The van der Waals surface area contributed by atoms with Crippen LogP contribution in [0.5, 0.6) is 0 Å². The third kappa shape index (κ3) is 3.28. The summed E-state index contributed by atoms with van der Waals surface area (Å²) < 4.78 is 5.39. The Bertz CT molecular complexity index is 226. The van der Waals surface area contributed by atoms with E-state index in [0.29, 0.717) is 6.54 Å². The van der Waals surface area contributed by atoms with Crippen molar-refractivity contribution in [1.29, 1.82) is 0 Å². The van der Waals surface area contributed by atoms with Crippen LogP contribution in [-0.2, 0) is 4.74 Å². The molecule has 0 radical (unpaired) electrons. The summed E-state index contributed by atoms with van der Waals surface area (Å²) in [5.74, 6) is 0. The molecular formula is C12H23N3O. The van der Waals surface area contributed by atoms with Crippen molar-refractivity contribution in [1.82, 2.24) is 9.80 Å². The van der Waals surface area contributed by atoms with Gasteiger partial charge in [0.2, 0.25) is 0 Å². The molecule has 0 aromatic heterocycles. The van der Waals surface area contributed by atoms with Gasteiger partial charge in [-0.2, -0.15) is 0 Å². The molecule has 1 unspecified atom stereocenters. The van der Waals surface area contributed by atoms with Gasteiger partial charge in [0.05, 0.1) is 13.2 Å². The highest BCUT2D eigenvalue weighted by molar-refractivity contribution is 4.91. The van der Waals surface area contributed by atoms with Gasteiger partial charge in [0.1, 0.15) is 0 Å². The van der Waals surface area contributed by atoms with Crippen molar-refractivity contribution in [2.75, 3.05) is 52.5 Å². The van der Waals surface area contributed by atoms with Crippen LogP contribution in [0.15, 0.2) is 12.2 Å². The summed E-state index contributed by atoms with van der Waals surface area (Å²) in [6.07, 6.45) is 5.53. The van der Waals surface area contributed by atoms with Gasteiger partial charge in [-0.25, -0.2) is 0 Å². The topological polar surface area (TPSA) is 41.7 Å². The summed E-state index contributed by atoms with van der Waals surface area (Å²) in [4.78, 5) is 5.09. The van der Waals surface area contributed by atoms with Gasteiger partial charge < -0.3 is 10.5 Å². The lowest BCUT2D eigenvalue weighted by Crippen LogP contribution is -2.44. The molecule has 92 valence electrons. The number of hydrogen-bond acceptors (Lipinski definition) is 4. The van der Waals surface area contributed by atoms with E-state index in [1.165, 1.54) is 19.5 Å². The fourth-order valence-corrected chi connectivity index (χ4v) is 2.54. The van der Waals surface area contributed by atoms with Crippen molar-refractivity contribution >= 4 is 0 Å². The molecule has 2 fully saturated rings. The molecule has 4 nitrogen and oxygen atoms in total. The van der Waals surface area contributed by atoms with Crippen LogP contribution in [0.1, 0.15) is 6.42 Å². The Balaban J connectivity index is 1.72. The van der Waals surface area contributed by atoms with E-state index in [2.05, 4.69) is 15.9 Å². The van der Waals surface area contributed by atoms with Crippen LogP contribution < -0.4 is 5.73 Å². The molecular weight excluding hydrogens is 202 g/mol. The highest BCUT2D eigenvalue weighted by Gasteiger charge is 2.27. The second-order valence-electron chi connectivity index (χ2n) is 4.56. The average Bonchev–Trinajstić information content (AvgIpc) is 2.79. The summed E-state index contributed by atoms with van der Waals surface area (Å²) in [7, 11) is 0. The van der Waals surface area contributed by atoms with Crippen molar-refractivity contribution in [3.63, 3.8) is 0 Å². The molecule has 0 aromatic carbocycles. The third-order valence-electron chi connectivity index (χ3n) is 3.48. The maximum absolute atomic E-state index is 5.43. The first kappa shape index (κ1) is 12.0. The van der Waals surface area contributed by atoms with Crippen LogP contribution in [0.3, 0.4) is 0 Å². The first-order valence-electron chi connectivity index (χ1n) is 6.29. The van der Waals surface area contributed by atoms with Gasteiger partial charge in [0, 0.05) is 45.3 Å². The number of hydrogen-bond donors (Lipinski definition) is 1. The van der Waals surface area contributed by atoms with Crippen LogP contribution in [-0.4, -0.2) is 68.3 Å². The molecule has 2 aliphatic rings. The van der Waals surface area contributed by atoms with Crippen molar-refractivity contribution in [3.8, 4) is 0 Å². The van der Waals surface area contributed by atoms with Crippen molar-refractivity contribution in [2.45, 2.75) is 12.5 Å². The lowest BCUT2D eigenvalue weighted by atomic mass is 10.2. The second kappa shape index (κ2) is 6.35. The van der Waals surface area contributed by atoms with Crippen LogP contribution in [0.4, 0.5) is 0 Å². The molecule has 2 rings (SSSR count). The largest absolute Gasteiger partial charge is 0.379 e. The molecule has 16 heavy (non-hydrogen) atoms. The minimum atomic E-state index is 0.654. The monoisotopic (exact) mass is 225 g/mol. The molecule has 0 amide bonds. The minimum absolute atomic E-state index is 0.654. The molecule has 0 aliphatic carbocycles. The van der Waals surface area contributed by atoms with E-state index in [1.807, 2.05) is 6.08 Å². The normalized spacial score (nSPS) is 29.2. The number of rotatable bonds is 4. The molecule has 2 saturated heterocycles. The van der Waals surface area contributed by atoms with Gasteiger partial charge >= 0.3 is 0 Å². The Morgan fingerprint density at radius 1 is 1.19 bits per heavy atom. The van der Waals surface area contributed by atoms with Gasteiger partial charge in [0.15, 0.2) is 0 Å². The van der Waals surface area contributed by atoms with Crippen LogP contribution >= 0.6 is 0 Å². The van der Waals surface area contributed by atoms with Crippen molar-refractivity contribution < 1.29 is 4.74 Å². The molecule has 2 aliphatic heterocycles. The van der Waals surface area contributed by atoms with E-state index in [9.17, 15) is 0 Å². The van der Waals surface area contributed by atoms with E-state index < -0.39 is 0 Å². The number of nitrogens with two attached hydrogens (primary N) is 1. The maximum atomic E-state index is 5.43. The SMILES string of the molecule is NCC=CCN1CCC(N2CCOCC2)C1. The van der Waals surface area contributed by atoms with Gasteiger partial charge in [-0.1, -0.05) is 12.2 Å². The molecule has 0 spiro atoms. The third-order valence-corrected chi connectivity index (χ3v) is 3.48. The molecule has 4 heteroatoms. The Kier molecular flexibility index (Phi) is 4.78. The van der Waals surface area contributed by atoms with Crippen LogP contribution in [0, 0.1) is 0 Å². The van der Waals surface area contributed by atoms with E-state index >= 15 is 0 Å². The van der Waals surface area contributed by atoms with Gasteiger partial charge in [0.25, 0.3) is 0 Å². The Morgan fingerprint density at radius 3 is 2.75 bits per heavy atom. The highest BCUT2D eigenvalue weighted by Crippen LogP contribution is 2.16. The van der Waals surface area contributed by atoms with Gasteiger partial charge in [-0.3, -0.25) is 9.80 Å². The first-order valence-corrected chi connectivity index (χ1v) is 6.29. The predicted molar refractivity (Wildman–Crippen MR) is 65.4 cm³/mol. The first-order chi connectivity index (χ1) is 7.90. The standard InChI is InChI=1S/C12H23N3O/c13-4-1-2-5-14-6-3-12(11-14)15-7-9-16-10-8-15/h1-2,12H,3-11,13H2. The fraction of sp³-hybridized carbons (Fsp3) is 0.833. The van der Waals surface area contributed by atoms with Gasteiger partial charge in [-0.05, 0) is 6.42 Å². The van der Waals surface area contributed by atoms with E-state index in [-0.39, 0.29) is 0 Å². The molecule has 0 aromatic rings. The van der Waals surface area contributed by atoms with E-state index in [0.717, 1.165) is 38.9 Å². The smallest absolute Gasteiger partial charge is 0.0594 e. The minimum Gasteiger partial charge on any atom is -0.379 e. The van der Waals surface area contributed by atoms with Crippen LogP contribution in [0.2, 0.25) is 0 Å². The fourth-order valence-electron chi connectivity index (χ4n) is 2.54. The summed E-state index contributed by atoms with van der Waals surface area (Å²) in [6, 6.07) is 0.746. The Hall–Kier alpha value is -0.420. The zero-order chi connectivity index (χ0) is 11.2. The molecule has 0 bridgehead atoms. The van der Waals surface area contributed by atoms with E-state index in [4.69, 9.17) is 10.5 Å². The molecule has 0 saturated carbocycles.